The minimum Gasteiger partial charge on any atom is -0.337 e. The first-order valence-electron chi connectivity index (χ1n) is 6.43. The van der Waals surface area contributed by atoms with Gasteiger partial charge in [-0.2, -0.15) is 5.26 Å². The van der Waals surface area contributed by atoms with Crippen molar-refractivity contribution in [2.75, 3.05) is 0 Å². The van der Waals surface area contributed by atoms with Gasteiger partial charge in [-0.25, -0.2) is 4.98 Å². The van der Waals surface area contributed by atoms with Crippen LogP contribution in [0.25, 0.3) is 0 Å². The molecule has 1 aromatic heterocycles. The lowest BCUT2D eigenvalue weighted by atomic mass is 9.92. The van der Waals surface area contributed by atoms with Gasteiger partial charge >= 0.3 is 0 Å². The van der Waals surface area contributed by atoms with Crippen molar-refractivity contribution in [3.05, 3.63) is 18.7 Å². The van der Waals surface area contributed by atoms with Gasteiger partial charge in [0.25, 0.3) is 0 Å². The van der Waals surface area contributed by atoms with Crippen molar-refractivity contribution in [3.63, 3.8) is 0 Å². The number of hydrogen-bond donors (Lipinski definition) is 1. The third-order valence-electron chi connectivity index (χ3n) is 3.45. The number of hydrogen-bond acceptors (Lipinski definition) is 3. The Morgan fingerprint density at radius 1 is 1.59 bits per heavy atom. The number of rotatable bonds is 7. The summed E-state index contributed by atoms with van der Waals surface area (Å²) in [4.78, 5) is 4.02. The van der Waals surface area contributed by atoms with Crippen LogP contribution >= 0.6 is 0 Å². The van der Waals surface area contributed by atoms with Crippen molar-refractivity contribution >= 4 is 0 Å². The summed E-state index contributed by atoms with van der Waals surface area (Å²) < 4.78 is 2.06. The van der Waals surface area contributed by atoms with Crippen molar-refractivity contribution < 1.29 is 0 Å². The molecule has 17 heavy (non-hydrogen) atoms. The summed E-state index contributed by atoms with van der Waals surface area (Å²) in [5, 5.41) is 12.9. The molecular formula is C13H20N4. The van der Waals surface area contributed by atoms with Gasteiger partial charge < -0.3 is 4.57 Å². The molecule has 0 aromatic carbocycles. The number of nitrogens with zero attached hydrogens (tertiary/aromatic N) is 3. The van der Waals surface area contributed by atoms with Gasteiger partial charge in [-0.1, -0.05) is 6.92 Å². The highest BCUT2D eigenvalue weighted by Crippen LogP contribution is 2.26. The van der Waals surface area contributed by atoms with Crippen LogP contribution in [0.2, 0.25) is 0 Å². The molecule has 0 bridgehead atoms. The Morgan fingerprint density at radius 2 is 2.41 bits per heavy atom. The fourth-order valence-electron chi connectivity index (χ4n) is 2.12. The number of aryl methyl sites for hydroxylation is 1. The third kappa shape index (κ3) is 3.31. The standard InChI is InChI=1S/C13H20N4/c1-2-13(10-14,16-12-4-5-12)6-3-8-17-9-7-15-11-17/h7,9,11-12,16H,2-6,8H2,1H3. The first-order valence-corrected chi connectivity index (χ1v) is 6.43. The van der Waals surface area contributed by atoms with Gasteiger partial charge in [0, 0.05) is 25.0 Å². The lowest BCUT2D eigenvalue weighted by Gasteiger charge is -2.26. The van der Waals surface area contributed by atoms with Crippen LogP contribution in [0.3, 0.4) is 0 Å². The summed E-state index contributed by atoms with van der Waals surface area (Å²) in [6.45, 7) is 3.03. The molecule has 0 spiro atoms. The highest BCUT2D eigenvalue weighted by molar-refractivity contribution is 5.09. The number of imidazole rings is 1. The third-order valence-corrected chi connectivity index (χ3v) is 3.45. The van der Waals surface area contributed by atoms with Crippen LogP contribution in [0, 0.1) is 11.3 Å². The van der Waals surface area contributed by atoms with Gasteiger partial charge in [-0.3, -0.25) is 5.32 Å². The van der Waals surface area contributed by atoms with Crippen molar-refractivity contribution in [1.29, 1.82) is 5.26 Å². The second-order valence-corrected chi connectivity index (χ2v) is 4.87. The van der Waals surface area contributed by atoms with Crippen LogP contribution in [0.5, 0.6) is 0 Å². The average Bonchev–Trinajstić information content (AvgIpc) is 3.01. The molecule has 92 valence electrons. The molecule has 0 aliphatic heterocycles. The van der Waals surface area contributed by atoms with E-state index in [1.54, 1.807) is 6.20 Å². The molecule has 1 aliphatic rings. The summed E-state index contributed by atoms with van der Waals surface area (Å²) in [5.74, 6) is 0. The van der Waals surface area contributed by atoms with Gasteiger partial charge in [-0.15, -0.1) is 0 Å². The molecule has 1 aromatic rings. The molecule has 0 radical (unpaired) electrons. The quantitative estimate of drug-likeness (QED) is 0.783. The van der Waals surface area contributed by atoms with E-state index < -0.39 is 0 Å². The van der Waals surface area contributed by atoms with Gasteiger partial charge in [-0.05, 0) is 32.1 Å². The summed E-state index contributed by atoms with van der Waals surface area (Å²) >= 11 is 0. The lowest BCUT2D eigenvalue weighted by Crippen LogP contribution is -2.44. The predicted octanol–water partition coefficient (Wildman–Crippen LogP) is 2.09. The fourth-order valence-corrected chi connectivity index (χ4v) is 2.12. The Morgan fingerprint density at radius 3 is 2.94 bits per heavy atom. The topological polar surface area (TPSA) is 53.6 Å². The van der Waals surface area contributed by atoms with Gasteiger partial charge in [0.15, 0.2) is 0 Å². The Hall–Kier alpha value is -1.34. The van der Waals surface area contributed by atoms with Crippen molar-refractivity contribution in [2.24, 2.45) is 0 Å². The molecule has 1 atom stereocenters. The highest BCUT2D eigenvalue weighted by Gasteiger charge is 2.34. The van der Waals surface area contributed by atoms with Crippen molar-refractivity contribution in [2.45, 2.75) is 57.2 Å². The minimum absolute atomic E-state index is 0.318. The van der Waals surface area contributed by atoms with Gasteiger partial charge in [0.1, 0.15) is 5.54 Å². The van der Waals surface area contributed by atoms with Crippen LogP contribution in [0.4, 0.5) is 0 Å². The Kier molecular flexibility index (Phi) is 3.80. The highest BCUT2D eigenvalue weighted by atomic mass is 15.0. The maximum Gasteiger partial charge on any atom is 0.106 e. The molecule has 1 aliphatic carbocycles. The Labute approximate surface area is 103 Å². The molecule has 4 heteroatoms. The van der Waals surface area contributed by atoms with Crippen LogP contribution in [-0.2, 0) is 6.54 Å². The molecule has 1 unspecified atom stereocenters. The smallest absolute Gasteiger partial charge is 0.106 e. The van der Waals surface area contributed by atoms with E-state index in [1.165, 1.54) is 12.8 Å². The molecule has 2 rings (SSSR count). The predicted molar refractivity (Wildman–Crippen MR) is 66.3 cm³/mol. The van der Waals surface area contributed by atoms with E-state index in [2.05, 4.69) is 27.9 Å². The lowest BCUT2D eigenvalue weighted by molar-refractivity contribution is 0.352. The number of aromatic nitrogens is 2. The summed E-state index contributed by atoms with van der Waals surface area (Å²) in [6.07, 6.45) is 10.8. The molecule has 4 nitrogen and oxygen atoms in total. The van der Waals surface area contributed by atoms with E-state index >= 15 is 0 Å². The zero-order valence-corrected chi connectivity index (χ0v) is 10.4. The van der Waals surface area contributed by atoms with E-state index in [9.17, 15) is 5.26 Å². The van der Waals surface area contributed by atoms with Gasteiger partial charge in [0.05, 0.1) is 12.4 Å². The molecule has 0 amide bonds. The molecule has 1 fully saturated rings. The summed E-state index contributed by atoms with van der Waals surface area (Å²) in [7, 11) is 0. The van der Waals surface area contributed by atoms with E-state index in [1.807, 2.05) is 12.5 Å². The van der Waals surface area contributed by atoms with Crippen molar-refractivity contribution in [3.8, 4) is 6.07 Å². The Bertz CT molecular complexity index is 375. The van der Waals surface area contributed by atoms with E-state index in [-0.39, 0.29) is 5.54 Å². The zero-order valence-electron chi connectivity index (χ0n) is 10.4. The maximum absolute atomic E-state index is 9.38. The zero-order chi connectivity index (χ0) is 12.1. The van der Waals surface area contributed by atoms with Crippen LogP contribution < -0.4 is 5.32 Å². The maximum atomic E-state index is 9.38. The second kappa shape index (κ2) is 5.33. The fraction of sp³-hybridized carbons (Fsp3) is 0.692. The average molecular weight is 232 g/mol. The van der Waals surface area contributed by atoms with Crippen LogP contribution in [0.1, 0.15) is 39.0 Å². The largest absolute Gasteiger partial charge is 0.337 e. The summed E-state index contributed by atoms with van der Waals surface area (Å²) in [6, 6.07) is 3.07. The number of nitrogens with one attached hydrogen (secondary N) is 1. The first kappa shape index (κ1) is 12.1. The number of nitriles is 1. The van der Waals surface area contributed by atoms with Crippen LogP contribution in [-0.4, -0.2) is 21.1 Å². The van der Waals surface area contributed by atoms with Crippen LogP contribution in [0.15, 0.2) is 18.7 Å². The van der Waals surface area contributed by atoms with E-state index in [0.29, 0.717) is 6.04 Å². The summed E-state index contributed by atoms with van der Waals surface area (Å²) in [5.41, 5.74) is -0.318. The van der Waals surface area contributed by atoms with Gasteiger partial charge in [0.2, 0.25) is 0 Å². The monoisotopic (exact) mass is 232 g/mol. The second-order valence-electron chi connectivity index (χ2n) is 4.87. The molecule has 1 heterocycles. The van der Waals surface area contributed by atoms with Crippen molar-refractivity contribution in [1.82, 2.24) is 14.9 Å². The minimum atomic E-state index is -0.318. The molecule has 1 N–H and O–H groups in total. The SMILES string of the molecule is CCC(C#N)(CCCn1ccnc1)NC1CC1. The first-order chi connectivity index (χ1) is 8.28. The molecule has 1 saturated carbocycles. The molecular weight excluding hydrogens is 212 g/mol. The van der Waals surface area contributed by atoms with E-state index in [4.69, 9.17) is 0 Å². The Balaban J connectivity index is 1.82. The van der Waals surface area contributed by atoms with E-state index in [0.717, 1.165) is 25.8 Å². The molecule has 0 saturated heterocycles. The normalized spacial score (nSPS) is 18.6.